The lowest BCUT2D eigenvalue weighted by Gasteiger charge is -2.38. The van der Waals surface area contributed by atoms with Gasteiger partial charge in [-0.05, 0) is 68.0 Å². The van der Waals surface area contributed by atoms with E-state index in [1.54, 1.807) is 38.3 Å². The van der Waals surface area contributed by atoms with Crippen molar-refractivity contribution in [1.29, 1.82) is 0 Å². The molecule has 4 rings (SSSR count). The molecule has 33 heavy (non-hydrogen) atoms. The molecule has 0 aromatic heterocycles. The Balaban J connectivity index is 1.41. The second-order valence-electron chi connectivity index (χ2n) is 8.14. The van der Waals surface area contributed by atoms with Crippen molar-refractivity contribution in [3.8, 4) is 17.2 Å². The third-order valence-corrected chi connectivity index (χ3v) is 7.69. The summed E-state index contributed by atoms with van der Waals surface area (Å²) in [6, 6.07) is 11.2. The summed E-state index contributed by atoms with van der Waals surface area (Å²) in [6.45, 7) is 1.68. The number of halogens is 2. The van der Waals surface area contributed by atoms with Gasteiger partial charge in [0.05, 0.1) is 26.8 Å². The highest BCUT2D eigenvalue weighted by molar-refractivity contribution is 7.97. The smallest absolute Gasteiger partial charge is 0.240 e. The average molecular weight is 511 g/mol. The minimum absolute atomic E-state index is 0.157. The molecular formula is C24H28Cl2N2O4S. The Bertz CT molecular complexity index is 973. The highest BCUT2D eigenvalue weighted by atomic mass is 35.5. The number of hydrogen-bond donors (Lipinski definition) is 0. The van der Waals surface area contributed by atoms with Gasteiger partial charge in [0.2, 0.25) is 5.91 Å². The molecule has 0 aliphatic carbocycles. The molecule has 0 N–H and O–H groups in total. The zero-order valence-electron chi connectivity index (χ0n) is 18.8. The predicted molar refractivity (Wildman–Crippen MR) is 132 cm³/mol. The number of ether oxygens (including phenoxy) is 3. The molecule has 2 aliphatic rings. The number of hydrogen-bond acceptors (Lipinski definition) is 6. The van der Waals surface area contributed by atoms with Gasteiger partial charge in [0.1, 0.15) is 12.4 Å². The zero-order chi connectivity index (χ0) is 23.4. The van der Waals surface area contributed by atoms with Crippen LogP contribution in [-0.4, -0.2) is 61.1 Å². The van der Waals surface area contributed by atoms with E-state index in [1.807, 2.05) is 29.2 Å². The maximum atomic E-state index is 13.4. The van der Waals surface area contributed by atoms with Crippen LogP contribution in [-0.2, 0) is 4.79 Å². The van der Waals surface area contributed by atoms with E-state index < -0.39 is 0 Å². The summed E-state index contributed by atoms with van der Waals surface area (Å²) in [4.78, 5) is 16.3. The fourth-order valence-electron chi connectivity index (χ4n) is 4.43. The van der Waals surface area contributed by atoms with Gasteiger partial charge >= 0.3 is 0 Å². The number of piperidine rings is 1. The molecule has 2 fully saturated rings. The molecule has 0 radical (unpaired) electrons. The van der Waals surface area contributed by atoms with Crippen LogP contribution in [0.3, 0.4) is 0 Å². The molecule has 2 aromatic rings. The van der Waals surface area contributed by atoms with Crippen molar-refractivity contribution in [2.75, 3.05) is 33.9 Å². The maximum Gasteiger partial charge on any atom is 0.240 e. The van der Waals surface area contributed by atoms with Crippen molar-refractivity contribution in [2.45, 2.75) is 42.7 Å². The summed E-state index contributed by atoms with van der Waals surface area (Å²) in [6.07, 6.45) is 3.93. The lowest BCUT2D eigenvalue weighted by Crippen LogP contribution is -2.48. The number of nitrogens with zero attached hydrogens (tertiary/aromatic N) is 2. The molecule has 1 amide bonds. The van der Waals surface area contributed by atoms with Gasteiger partial charge < -0.3 is 19.1 Å². The lowest BCUT2D eigenvalue weighted by atomic mass is 9.97. The number of amides is 1. The van der Waals surface area contributed by atoms with Crippen LogP contribution in [0.1, 0.15) is 25.7 Å². The molecule has 2 heterocycles. The number of benzene rings is 2. The molecule has 9 heteroatoms. The summed E-state index contributed by atoms with van der Waals surface area (Å²) in [5.74, 6) is 2.11. The Hall–Kier alpha value is -1.80. The van der Waals surface area contributed by atoms with Crippen LogP contribution in [0.5, 0.6) is 17.2 Å². The van der Waals surface area contributed by atoms with E-state index in [9.17, 15) is 4.79 Å². The first-order valence-corrected chi connectivity index (χ1v) is 12.6. The van der Waals surface area contributed by atoms with Crippen molar-refractivity contribution in [3.05, 3.63) is 46.4 Å². The summed E-state index contributed by atoms with van der Waals surface area (Å²) >= 11 is 14.0. The second kappa shape index (κ2) is 11.1. The van der Waals surface area contributed by atoms with Crippen molar-refractivity contribution in [3.63, 3.8) is 0 Å². The zero-order valence-corrected chi connectivity index (χ0v) is 21.1. The quantitative estimate of drug-likeness (QED) is 0.433. The molecule has 2 saturated heterocycles. The fraction of sp³-hybridized carbons (Fsp3) is 0.458. The molecule has 2 aliphatic heterocycles. The molecular weight excluding hydrogens is 483 g/mol. The highest BCUT2D eigenvalue weighted by Gasteiger charge is 2.40. The molecule has 0 saturated carbocycles. The Morgan fingerprint density at radius 2 is 1.76 bits per heavy atom. The Morgan fingerprint density at radius 3 is 2.48 bits per heavy atom. The van der Waals surface area contributed by atoms with Gasteiger partial charge in [-0.1, -0.05) is 23.2 Å². The van der Waals surface area contributed by atoms with Crippen molar-refractivity contribution in [2.24, 2.45) is 0 Å². The maximum absolute atomic E-state index is 13.4. The molecule has 0 spiro atoms. The van der Waals surface area contributed by atoms with E-state index in [0.29, 0.717) is 46.5 Å². The first-order valence-electron chi connectivity index (χ1n) is 11.0. The summed E-state index contributed by atoms with van der Waals surface area (Å²) in [5, 5.41) is 1.20. The van der Waals surface area contributed by atoms with Crippen LogP contribution < -0.4 is 14.2 Å². The third-order valence-electron chi connectivity index (χ3n) is 6.04. The molecule has 2 unspecified atom stereocenters. The SMILES string of the molecule is COc1ccc(OCCN2CCC3CCCC(C2=O)N3Sc2cc(Cl)cc(Cl)c2)cc1OC. The number of fused-ring (bicyclic) bond motifs is 2. The van der Waals surface area contributed by atoms with E-state index >= 15 is 0 Å². The van der Waals surface area contributed by atoms with Crippen molar-refractivity contribution >= 4 is 41.1 Å². The number of rotatable bonds is 8. The first-order chi connectivity index (χ1) is 16.0. The molecule has 6 nitrogen and oxygen atoms in total. The Labute approximate surface area is 209 Å². The largest absolute Gasteiger partial charge is 0.493 e. The Kier molecular flexibility index (Phi) is 8.17. The minimum Gasteiger partial charge on any atom is -0.493 e. The second-order valence-corrected chi connectivity index (χ2v) is 10.1. The highest BCUT2D eigenvalue weighted by Crippen LogP contribution is 2.39. The third kappa shape index (κ3) is 5.83. The first kappa shape index (κ1) is 24.3. The number of methoxy groups -OCH3 is 2. The van der Waals surface area contributed by atoms with E-state index in [0.717, 1.165) is 37.1 Å². The van der Waals surface area contributed by atoms with Crippen LogP contribution in [0.2, 0.25) is 10.0 Å². The van der Waals surface area contributed by atoms with E-state index in [-0.39, 0.29) is 11.9 Å². The van der Waals surface area contributed by atoms with Gasteiger partial charge in [0.15, 0.2) is 11.5 Å². The van der Waals surface area contributed by atoms with Gasteiger partial charge in [-0.2, -0.15) is 0 Å². The predicted octanol–water partition coefficient (Wildman–Crippen LogP) is 5.55. The van der Waals surface area contributed by atoms with Crippen LogP contribution >= 0.6 is 35.1 Å². The van der Waals surface area contributed by atoms with Crippen LogP contribution in [0.4, 0.5) is 0 Å². The van der Waals surface area contributed by atoms with Crippen LogP contribution in [0.15, 0.2) is 41.3 Å². The van der Waals surface area contributed by atoms with Crippen LogP contribution in [0.25, 0.3) is 0 Å². The van der Waals surface area contributed by atoms with E-state index in [1.165, 1.54) is 0 Å². The van der Waals surface area contributed by atoms with E-state index in [4.69, 9.17) is 37.4 Å². The molecule has 2 bridgehead atoms. The average Bonchev–Trinajstić information content (AvgIpc) is 2.86. The molecule has 2 aromatic carbocycles. The van der Waals surface area contributed by atoms with Gasteiger partial charge in [-0.15, -0.1) is 0 Å². The van der Waals surface area contributed by atoms with Gasteiger partial charge in [0, 0.05) is 33.6 Å². The van der Waals surface area contributed by atoms with E-state index in [2.05, 4.69) is 4.31 Å². The lowest BCUT2D eigenvalue weighted by molar-refractivity contribution is -0.135. The normalized spacial score (nSPS) is 21.0. The van der Waals surface area contributed by atoms with Gasteiger partial charge in [-0.25, -0.2) is 4.31 Å². The van der Waals surface area contributed by atoms with Gasteiger partial charge in [-0.3, -0.25) is 4.79 Å². The summed E-state index contributed by atoms with van der Waals surface area (Å²) < 4.78 is 18.8. The summed E-state index contributed by atoms with van der Waals surface area (Å²) in [7, 11) is 3.19. The fourth-order valence-corrected chi connectivity index (χ4v) is 6.37. The number of carbonyl (C=O) groups excluding carboxylic acids is 1. The number of carbonyl (C=O) groups is 1. The van der Waals surface area contributed by atoms with Crippen molar-refractivity contribution in [1.82, 2.24) is 9.21 Å². The minimum atomic E-state index is -0.157. The standard InChI is InChI=1S/C24H28Cl2N2O4S/c1-30-22-7-6-19(15-23(22)31-2)32-11-10-27-9-8-18-4-3-5-21(24(27)29)28(18)33-20-13-16(25)12-17(26)14-20/h6-7,12-15,18,21H,3-5,8-11H2,1-2H3. The Morgan fingerprint density at radius 1 is 1.00 bits per heavy atom. The van der Waals surface area contributed by atoms with Crippen LogP contribution in [0, 0.1) is 0 Å². The molecule has 178 valence electrons. The monoisotopic (exact) mass is 510 g/mol. The topological polar surface area (TPSA) is 51.2 Å². The molecule has 2 atom stereocenters. The van der Waals surface area contributed by atoms with Gasteiger partial charge in [0.25, 0.3) is 0 Å². The summed E-state index contributed by atoms with van der Waals surface area (Å²) in [5.41, 5.74) is 0. The van der Waals surface area contributed by atoms with Crippen molar-refractivity contribution < 1.29 is 19.0 Å².